The molecule has 20 heavy (non-hydrogen) atoms. The molecule has 0 aliphatic heterocycles. The summed E-state index contributed by atoms with van der Waals surface area (Å²) in [4.78, 5) is 4.30. The maximum atomic E-state index is 6.39. The van der Waals surface area contributed by atoms with E-state index in [1.165, 1.54) is 0 Å². The van der Waals surface area contributed by atoms with Gasteiger partial charge >= 0.3 is 0 Å². The third kappa shape index (κ3) is 2.85. The molecule has 0 aliphatic carbocycles. The van der Waals surface area contributed by atoms with Crippen LogP contribution in [0, 0.1) is 6.92 Å². The van der Waals surface area contributed by atoms with Gasteiger partial charge in [0, 0.05) is 25.4 Å². The fraction of sp³-hybridized carbons (Fsp3) is 0.429. The highest BCUT2D eigenvalue weighted by Crippen LogP contribution is 2.26. The number of rotatable bonds is 5. The Morgan fingerprint density at radius 1 is 1.50 bits per heavy atom. The van der Waals surface area contributed by atoms with E-state index in [0.717, 1.165) is 34.1 Å². The zero-order valence-electron chi connectivity index (χ0n) is 12.0. The Balaban J connectivity index is 2.32. The maximum absolute atomic E-state index is 6.39. The van der Waals surface area contributed by atoms with Crippen molar-refractivity contribution in [2.24, 2.45) is 12.9 Å². The average molecular weight is 294 g/mol. The fourth-order valence-electron chi connectivity index (χ4n) is 2.36. The Labute approximate surface area is 124 Å². The first-order chi connectivity index (χ1) is 9.58. The second-order valence-electron chi connectivity index (χ2n) is 4.79. The molecular formula is C14H20ClN5. The average Bonchev–Trinajstić information content (AvgIpc) is 2.72. The highest BCUT2D eigenvalue weighted by Gasteiger charge is 2.19. The number of pyridine rings is 1. The number of aromatic nitrogens is 3. The van der Waals surface area contributed by atoms with Crippen LogP contribution in [0.15, 0.2) is 18.3 Å². The van der Waals surface area contributed by atoms with E-state index in [0.29, 0.717) is 6.42 Å². The number of aryl methyl sites for hydroxylation is 3. The van der Waals surface area contributed by atoms with Crippen LogP contribution in [-0.4, -0.2) is 14.8 Å². The molecule has 2 aromatic rings. The lowest BCUT2D eigenvalue weighted by Gasteiger charge is -2.18. The number of hydrogen-bond donors (Lipinski definition) is 2. The van der Waals surface area contributed by atoms with E-state index in [2.05, 4.69) is 15.5 Å². The van der Waals surface area contributed by atoms with Gasteiger partial charge in [-0.1, -0.05) is 24.6 Å². The molecule has 5 nitrogen and oxygen atoms in total. The SMILES string of the molecule is CCc1nn(C)c(CC(NN)c2cccnc2C)c1Cl. The van der Waals surface area contributed by atoms with Crippen LogP contribution in [0.3, 0.4) is 0 Å². The van der Waals surface area contributed by atoms with Crippen LogP contribution < -0.4 is 11.3 Å². The van der Waals surface area contributed by atoms with Gasteiger partial charge in [0.2, 0.25) is 0 Å². The van der Waals surface area contributed by atoms with Gasteiger partial charge in [0.15, 0.2) is 0 Å². The molecule has 0 spiro atoms. The van der Waals surface area contributed by atoms with Crippen molar-refractivity contribution in [2.45, 2.75) is 32.7 Å². The third-order valence-electron chi connectivity index (χ3n) is 3.52. The van der Waals surface area contributed by atoms with Crippen LogP contribution in [0.2, 0.25) is 5.02 Å². The first kappa shape index (κ1) is 15.0. The van der Waals surface area contributed by atoms with E-state index in [1.807, 2.05) is 37.7 Å². The molecule has 2 aromatic heterocycles. The summed E-state index contributed by atoms with van der Waals surface area (Å²) in [6, 6.07) is 3.90. The van der Waals surface area contributed by atoms with Crippen LogP contribution in [-0.2, 0) is 19.9 Å². The molecule has 0 amide bonds. The van der Waals surface area contributed by atoms with E-state index in [4.69, 9.17) is 17.4 Å². The summed E-state index contributed by atoms with van der Waals surface area (Å²) in [5.74, 6) is 5.71. The van der Waals surface area contributed by atoms with Gasteiger partial charge in [-0.15, -0.1) is 0 Å². The minimum atomic E-state index is -0.0405. The predicted octanol–water partition coefficient (Wildman–Crippen LogP) is 2.09. The van der Waals surface area contributed by atoms with Crippen molar-refractivity contribution in [2.75, 3.05) is 0 Å². The summed E-state index contributed by atoms with van der Waals surface area (Å²) in [7, 11) is 1.91. The molecule has 6 heteroatoms. The summed E-state index contributed by atoms with van der Waals surface area (Å²) in [6.45, 7) is 4.02. The minimum Gasteiger partial charge on any atom is -0.271 e. The van der Waals surface area contributed by atoms with Crippen molar-refractivity contribution in [3.63, 3.8) is 0 Å². The summed E-state index contributed by atoms with van der Waals surface area (Å²) in [5.41, 5.74) is 6.79. The van der Waals surface area contributed by atoms with Crippen LogP contribution in [0.4, 0.5) is 0 Å². The lowest BCUT2D eigenvalue weighted by atomic mass is 10.0. The molecule has 1 unspecified atom stereocenters. The smallest absolute Gasteiger partial charge is 0.0850 e. The molecule has 0 saturated heterocycles. The van der Waals surface area contributed by atoms with E-state index in [1.54, 1.807) is 6.20 Å². The van der Waals surface area contributed by atoms with Crippen LogP contribution in [0.1, 0.15) is 35.6 Å². The van der Waals surface area contributed by atoms with Crippen LogP contribution in [0.5, 0.6) is 0 Å². The summed E-state index contributed by atoms with van der Waals surface area (Å²) < 4.78 is 1.83. The van der Waals surface area contributed by atoms with E-state index in [-0.39, 0.29) is 6.04 Å². The standard InChI is InChI=1S/C14H20ClN5/c1-4-11-14(15)13(20(3)19-11)8-12(18-16)10-6-5-7-17-9(10)2/h5-7,12,18H,4,8,16H2,1-3H3. The van der Waals surface area contributed by atoms with Crippen molar-refractivity contribution in [1.82, 2.24) is 20.2 Å². The Bertz CT molecular complexity index is 593. The zero-order valence-corrected chi connectivity index (χ0v) is 12.8. The summed E-state index contributed by atoms with van der Waals surface area (Å²) in [6.07, 6.45) is 3.27. The van der Waals surface area contributed by atoms with Gasteiger partial charge in [-0.2, -0.15) is 5.10 Å². The van der Waals surface area contributed by atoms with Crippen molar-refractivity contribution in [3.05, 3.63) is 46.0 Å². The number of hydrazine groups is 1. The predicted molar refractivity (Wildman–Crippen MR) is 80.3 cm³/mol. The third-order valence-corrected chi connectivity index (χ3v) is 3.96. The Kier molecular flexibility index (Phi) is 4.75. The monoisotopic (exact) mass is 293 g/mol. The zero-order chi connectivity index (χ0) is 14.7. The molecule has 0 bridgehead atoms. The van der Waals surface area contributed by atoms with Gasteiger partial charge in [-0.25, -0.2) is 0 Å². The first-order valence-corrected chi connectivity index (χ1v) is 7.04. The fourth-order valence-corrected chi connectivity index (χ4v) is 2.73. The number of halogens is 1. The topological polar surface area (TPSA) is 68.8 Å². The van der Waals surface area contributed by atoms with E-state index in [9.17, 15) is 0 Å². The van der Waals surface area contributed by atoms with Gasteiger partial charge < -0.3 is 0 Å². The van der Waals surface area contributed by atoms with Crippen molar-refractivity contribution < 1.29 is 0 Å². The molecule has 0 saturated carbocycles. The first-order valence-electron chi connectivity index (χ1n) is 6.66. The van der Waals surface area contributed by atoms with Gasteiger partial charge in [0.25, 0.3) is 0 Å². The van der Waals surface area contributed by atoms with Gasteiger partial charge in [-0.3, -0.25) is 20.9 Å². The van der Waals surface area contributed by atoms with Gasteiger partial charge in [0.1, 0.15) is 0 Å². The second-order valence-corrected chi connectivity index (χ2v) is 5.16. The Morgan fingerprint density at radius 3 is 2.80 bits per heavy atom. The Morgan fingerprint density at radius 2 is 2.25 bits per heavy atom. The molecule has 0 fully saturated rings. The normalized spacial score (nSPS) is 12.7. The summed E-state index contributed by atoms with van der Waals surface area (Å²) >= 11 is 6.39. The minimum absolute atomic E-state index is 0.0405. The number of hydrogen-bond acceptors (Lipinski definition) is 4. The lowest BCUT2D eigenvalue weighted by molar-refractivity contribution is 0.526. The van der Waals surface area contributed by atoms with E-state index >= 15 is 0 Å². The van der Waals surface area contributed by atoms with Crippen LogP contribution >= 0.6 is 11.6 Å². The largest absolute Gasteiger partial charge is 0.271 e. The number of nitrogens with two attached hydrogens (primary N) is 1. The molecule has 0 aromatic carbocycles. The molecule has 2 rings (SSSR count). The van der Waals surface area contributed by atoms with Crippen molar-refractivity contribution >= 4 is 11.6 Å². The molecule has 2 heterocycles. The number of nitrogens with one attached hydrogen (secondary N) is 1. The number of nitrogens with zero attached hydrogens (tertiary/aromatic N) is 3. The van der Waals surface area contributed by atoms with E-state index < -0.39 is 0 Å². The lowest BCUT2D eigenvalue weighted by Crippen LogP contribution is -2.30. The molecule has 1 atom stereocenters. The highest BCUT2D eigenvalue weighted by atomic mass is 35.5. The van der Waals surface area contributed by atoms with Gasteiger partial charge in [-0.05, 0) is 25.0 Å². The van der Waals surface area contributed by atoms with Crippen LogP contribution in [0.25, 0.3) is 0 Å². The Hall–Kier alpha value is -1.43. The second kappa shape index (κ2) is 6.35. The van der Waals surface area contributed by atoms with Crippen molar-refractivity contribution in [3.8, 4) is 0 Å². The molecular weight excluding hydrogens is 274 g/mol. The molecule has 108 valence electrons. The quantitative estimate of drug-likeness (QED) is 0.654. The van der Waals surface area contributed by atoms with Gasteiger partial charge in [0.05, 0.1) is 22.5 Å². The highest BCUT2D eigenvalue weighted by molar-refractivity contribution is 6.31. The van der Waals surface area contributed by atoms with Crippen molar-refractivity contribution in [1.29, 1.82) is 0 Å². The molecule has 0 radical (unpaired) electrons. The molecule has 0 aliphatic rings. The maximum Gasteiger partial charge on any atom is 0.0850 e. The molecule has 3 N–H and O–H groups in total. The summed E-state index contributed by atoms with van der Waals surface area (Å²) in [5, 5.41) is 5.17.